The van der Waals surface area contributed by atoms with Crippen LogP contribution in [0.1, 0.15) is 5.56 Å². The SMILES string of the molecule is C[N+]1(C)[C+](c2ccccc2)SCC1CO. The first-order chi connectivity index (χ1) is 7.16. The molecule has 1 atom stereocenters. The van der Waals surface area contributed by atoms with Crippen molar-refractivity contribution in [3.05, 3.63) is 41.3 Å². The highest BCUT2D eigenvalue weighted by molar-refractivity contribution is 8.02. The maximum Gasteiger partial charge on any atom is 0.275 e. The molecule has 2 nitrogen and oxygen atoms in total. The van der Waals surface area contributed by atoms with Gasteiger partial charge in [0.2, 0.25) is 5.56 Å². The van der Waals surface area contributed by atoms with Crippen molar-refractivity contribution in [2.24, 2.45) is 0 Å². The van der Waals surface area contributed by atoms with Gasteiger partial charge < -0.3 is 5.11 Å². The Labute approximate surface area is 95.5 Å². The summed E-state index contributed by atoms with van der Waals surface area (Å²) in [7, 11) is 4.34. The van der Waals surface area contributed by atoms with E-state index in [0.29, 0.717) is 6.04 Å². The first-order valence-electron chi connectivity index (χ1n) is 5.16. The lowest BCUT2D eigenvalue weighted by atomic mass is 10.1. The number of likely N-dealkylation sites (N-methyl/N-ethyl adjacent to an activating group) is 1. The lowest BCUT2D eigenvalue weighted by Crippen LogP contribution is -2.48. The van der Waals surface area contributed by atoms with E-state index in [0.717, 1.165) is 10.2 Å². The molecule has 1 aromatic rings. The Hall–Kier alpha value is -0.640. The smallest absolute Gasteiger partial charge is 0.275 e. The van der Waals surface area contributed by atoms with E-state index in [2.05, 4.69) is 38.4 Å². The van der Waals surface area contributed by atoms with Gasteiger partial charge in [0.05, 0.1) is 38.6 Å². The number of benzene rings is 1. The van der Waals surface area contributed by atoms with Crippen LogP contribution in [-0.4, -0.2) is 42.1 Å². The molecule has 0 radical (unpaired) electrons. The molecule has 0 bridgehead atoms. The van der Waals surface area contributed by atoms with E-state index in [1.165, 1.54) is 10.9 Å². The van der Waals surface area contributed by atoms with E-state index >= 15 is 0 Å². The van der Waals surface area contributed by atoms with Crippen LogP contribution in [0.2, 0.25) is 0 Å². The molecule has 3 heteroatoms. The van der Waals surface area contributed by atoms with Crippen molar-refractivity contribution < 1.29 is 9.59 Å². The van der Waals surface area contributed by atoms with Gasteiger partial charge in [0, 0.05) is 11.8 Å². The molecule has 1 saturated heterocycles. The van der Waals surface area contributed by atoms with Crippen LogP contribution in [0.15, 0.2) is 30.3 Å². The average Bonchev–Trinajstić information content (AvgIpc) is 2.54. The summed E-state index contributed by atoms with van der Waals surface area (Å²) in [6.07, 6.45) is 0. The highest BCUT2D eigenvalue weighted by Crippen LogP contribution is 2.43. The highest BCUT2D eigenvalue weighted by Gasteiger charge is 2.50. The number of nitrogens with zero attached hydrogens (tertiary/aromatic N) is 1. The molecule has 1 aliphatic rings. The van der Waals surface area contributed by atoms with Crippen LogP contribution in [0.4, 0.5) is 0 Å². The molecular formula is C12H17NOS+2. The summed E-state index contributed by atoms with van der Waals surface area (Å²) in [6, 6.07) is 10.8. The van der Waals surface area contributed by atoms with Crippen molar-refractivity contribution in [2.75, 3.05) is 26.5 Å². The minimum Gasteiger partial charge on any atom is -0.390 e. The zero-order chi connectivity index (χ0) is 10.9. The number of hydrogen-bond acceptors (Lipinski definition) is 2. The van der Waals surface area contributed by atoms with Crippen LogP contribution in [0.25, 0.3) is 0 Å². The van der Waals surface area contributed by atoms with E-state index in [4.69, 9.17) is 0 Å². The van der Waals surface area contributed by atoms with Crippen molar-refractivity contribution in [2.45, 2.75) is 6.04 Å². The molecule has 0 aliphatic carbocycles. The number of rotatable bonds is 2. The van der Waals surface area contributed by atoms with Crippen LogP contribution in [0.5, 0.6) is 0 Å². The Morgan fingerprint density at radius 1 is 1.40 bits per heavy atom. The molecule has 1 unspecified atom stereocenters. The molecule has 15 heavy (non-hydrogen) atoms. The zero-order valence-corrected chi connectivity index (χ0v) is 10.00. The van der Waals surface area contributed by atoms with Crippen LogP contribution < -0.4 is 0 Å². The van der Waals surface area contributed by atoms with Gasteiger partial charge in [-0.1, -0.05) is 0 Å². The molecule has 2 rings (SSSR count). The van der Waals surface area contributed by atoms with Gasteiger partial charge in [-0.25, -0.2) is 4.48 Å². The minimum atomic E-state index is 0.260. The van der Waals surface area contributed by atoms with Crippen molar-refractivity contribution in [3.8, 4) is 0 Å². The first kappa shape index (κ1) is 10.9. The largest absolute Gasteiger partial charge is 0.390 e. The molecule has 1 heterocycles. The molecule has 0 saturated carbocycles. The Morgan fingerprint density at radius 3 is 2.60 bits per heavy atom. The van der Waals surface area contributed by atoms with Gasteiger partial charge in [-0.05, 0) is 18.2 Å². The fourth-order valence-corrected chi connectivity index (χ4v) is 3.56. The zero-order valence-electron chi connectivity index (χ0n) is 9.18. The van der Waals surface area contributed by atoms with Crippen LogP contribution in [-0.2, 0) is 0 Å². The fourth-order valence-electron chi connectivity index (χ4n) is 1.95. The second kappa shape index (κ2) is 4.08. The topological polar surface area (TPSA) is 20.2 Å². The molecule has 0 spiro atoms. The van der Waals surface area contributed by atoms with Gasteiger partial charge in [-0.3, -0.25) is 0 Å². The standard InChI is InChI=1S/C12H17NOS/c1-13(2)11(8-14)9-15-12(13)10-6-4-3-5-7-10/h3-7,11,14H,8-9H2,1-2H3/q+2. The first-order valence-corrected chi connectivity index (χ1v) is 6.15. The number of aliphatic hydroxyl groups excluding tert-OH is 1. The molecule has 80 valence electrons. The fraction of sp³-hybridized carbons (Fsp3) is 0.417. The molecular weight excluding hydrogens is 206 g/mol. The summed E-state index contributed by atoms with van der Waals surface area (Å²) >= 11 is 1.86. The molecule has 1 aliphatic heterocycles. The second-order valence-corrected chi connectivity index (χ2v) is 5.37. The lowest BCUT2D eigenvalue weighted by Gasteiger charge is -2.29. The van der Waals surface area contributed by atoms with Crippen molar-refractivity contribution in [1.29, 1.82) is 0 Å². The van der Waals surface area contributed by atoms with Crippen molar-refractivity contribution >= 4 is 11.8 Å². The maximum absolute atomic E-state index is 9.32. The van der Waals surface area contributed by atoms with Gasteiger partial charge in [-0.15, -0.1) is 0 Å². The summed E-state index contributed by atoms with van der Waals surface area (Å²) in [5.41, 5.74) is 1.28. The van der Waals surface area contributed by atoms with Crippen molar-refractivity contribution in [3.63, 3.8) is 0 Å². The van der Waals surface area contributed by atoms with E-state index in [-0.39, 0.29) is 6.61 Å². The molecule has 1 aromatic carbocycles. The molecule has 0 aromatic heterocycles. The van der Waals surface area contributed by atoms with Gasteiger partial charge >= 0.3 is 0 Å². The summed E-state index contributed by atoms with van der Waals surface area (Å²) in [6.45, 7) is 0.260. The van der Waals surface area contributed by atoms with E-state index in [1.807, 2.05) is 17.8 Å². The minimum absolute atomic E-state index is 0.260. The third kappa shape index (κ3) is 1.87. The second-order valence-electron chi connectivity index (χ2n) is 4.36. The normalized spacial score (nSPS) is 24.5. The number of aliphatic hydroxyl groups is 1. The van der Waals surface area contributed by atoms with Gasteiger partial charge in [0.1, 0.15) is 6.04 Å². The number of hydrogen-bond donors (Lipinski definition) is 1. The predicted molar refractivity (Wildman–Crippen MR) is 64.2 cm³/mol. The van der Waals surface area contributed by atoms with E-state index in [1.54, 1.807) is 0 Å². The monoisotopic (exact) mass is 223 g/mol. The quantitative estimate of drug-likeness (QED) is 0.608. The number of thioether (sulfide) groups is 1. The Morgan fingerprint density at radius 2 is 2.07 bits per heavy atom. The third-order valence-corrected chi connectivity index (χ3v) is 4.61. The van der Waals surface area contributed by atoms with Gasteiger partial charge in [0.15, 0.2) is 0 Å². The third-order valence-electron chi connectivity index (χ3n) is 3.08. The van der Waals surface area contributed by atoms with Gasteiger partial charge in [-0.2, -0.15) is 0 Å². The summed E-state index contributed by atoms with van der Waals surface area (Å²) < 4.78 is 0.797. The Balaban J connectivity index is 2.26. The molecule has 1 fully saturated rings. The number of quaternary nitrogens is 1. The van der Waals surface area contributed by atoms with Crippen LogP contribution in [0.3, 0.4) is 0 Å². The van der Waals surface area contributed by atoms with Gasteiger partial charge in [0.25, 0.3) is 5.37 Å². The molecule has 1 N–H and O–H groups in total. The average molecular weight is 223 g/mol. The van der Waals surface area contributed by atoms with Crippen LogP contribution in [0, 0.1) is 5.37 Å². The summed E-state index contributed by atoms with van der Waals surface area (Å²) in [5, 5.41) is 10.7. The lowest BCUT2D eigenvalue weighted by molar-refractivity contribution is -0.882. The van der Waals surface area contributed by atoms with E-state index in [9.17, 15) is 5.11 Å². The Kier molecular flexibility index (Phi) is 2.96. The predicted octanol–water partition coefficient (Wildman–Crippen LogP) is 1.71. The molecule has 0 amide bonds. The van der Waals surface area contributed by atoms with Crippen LogP contribution >= 0.6 is 11.8 Å². The Bertz CT molecular complexity index is 326. The summed E-state index contributed by atoms with van der Waals surface area (Å²) in [4.78, 5) is 0. The van der Waals surface area contributed by atoms with Crippen molar-refractivity contribution in [1.82, 2.24) is 0 Å². The van der Waals surface area contributed by atoms with E-state index < -0.39 is 0 Å². The highest BCUT2D eigenvalue weighted by atomic mass is 32.2. The summed E-state index contributed by atoms with van der Waals surface area (Å²) in [5.74, 6) is 1.01. The maximum atomic E-state index is 9.32.